The maximum Gasteiger partial charge on any atom is 0.340 e. The SMILES string of the molecule is CCOC(=O)c1c(COc2ccc(OC)cc2[N+](=O)[O-])nc2ccccc2c1C. The molecule has 0 aliphatic carbocycles. The van der Waals surface area contributed by atoms with Gasteiger partial charge in [-0.15, -0.1) is 0 Å². The summed E-state index contributed by atoms with van der Waals surface area (Å²) < 4.78 is 15.9. The fourth-order valence-electron chi connectivity index (χ4n) is 3.05. The molecule has 0 amide bonds. The van der Waals surface area contributed by atoms with Gasteiger partial charge in [0.2, 0.25) is 0 Å². The lowest BCUT2D eigenvalue weighted by Crippen LogP contribution is -2.14. The fraction of sp³-hybridized carbons (Fsp3) is 0.238. The quantitative estimate of drug-likeness (QED) is 0.335. The first-order valence-corrected chi connectivity index (χ1v) is 8.96. The summed E-state index contributed by atoms with van der Waals surface area (Å²) in [7, 11) is 1.42. The van der Waals surface area contributed by atoms with Crippen LogP contribution in [0.1, 0.15) is 28.5 Å². The van der Waals surface area contributed by atoms with Crippen molar-refractivity contribution in [2.24, 2.45) is 0 Å². The maximum atomic E-state index is 12.6. The number of para-hydroxylation sites is 1. The Bertz CT molecular complexity index is 1080. The molecule has 0 aliphatic heterocycles. The van der Waals surface area contributed by atoms with E-state index in [-0.39, 0.29) is 24.7 Å². The van der Waals surface area contributed by atoms with Gasteiger partial charge >= 0.3 is 11.7 Å². The van der Waals surface area contributed by atoms with Crippen LogP contribution in [0.4, 0.5) is 5.69 Å². The molecule has 0 saturated carbocycles. The third-order valence-corrected chi connectivity index (χ3v) is 4.43. The van der Waals surface area contributed by atoms with Crippen molar-refractivity contribution < 1.29 is 23.9 Å². The minimum absolute atomic E-state index is 0.0539. The predicted octanol–water partition coefficient (Wildman–Crippen LogP) is 4.22. The summed E-state index contributed by atoms with van der Waals surface area (Å²) in [4.78, 5) is 27.9. The number of nitro groups is 1. The molecule has 2 aromatic carbocycles. The van der Waals surface area contributed by atoms with E-state index in [0.29, 0.717) is 22.5 Å². The molecule has 0 N–H and O–H groups in total. The summed E-state index contributed by atoms with van der Waals surface area (Å²) in [5.74, 6) is -0.111. The topological polar surface area (TPSA) is 101 Å². The van der Waals surface area contributed by atoms with Crippen LogP contribution in [0.2, 0.25) is 0 Å². The van der Waals surface area contributed by atoms with Crippen LogP contribution in [0.25, 0.3) is 10.9 Å². The molecule has 0 radical (unpaired) electrons. The third-order valence-electron chi connectivity index (χ3n) is 4.43. The summed E-state index contributed by atoms with van der Waals surface area (Å²) in [6.45, 7) is 3.62. The minimum atomic E-state index is -0.552. The molecule has 0 fully saturated rings. The number of methoxy groups -OCH3 is 1. The first-order chi connectivity index (χ1) is 14.0. The first-order valence-electron chi connectivity index (χ1n) is 8.96. The number of nitrogens with zero attached hydrogens (tertiary/aromatic N) is 2. The second kappa shape index (κ2) is 8.55. The normalized spacial score (nSPS) is 10.6. The van der Waals surface area contributed by atoms with Gasteiger partial charge in [-0.2, -0.15) is 0 Å². The Hall–Kier alpha value is -3.68. The van der Waals surface area contributed by atoms with Gasteiger partial charge in [0.05, 0.1) is 41.5 Å². The van der Waals surface area contributed by atoms with E-state index in [2.05, 4.69) is 4.98 Å². The predicted molar refractivity (Wildman–Crippen MR) is 106 cm³/mol. The van der Waals surface area contributed by atoms with Gasteiger partial charge in [-0.1, -0.05) is 18.2 Å². The van der Waals surface area contributed by atoms with Crippen molar-refractivity contribution >= 4 is 22.6 Å². The van der Waals surface area contributed by atoms with Crippen LogP contribution in [-0.2, 0) is 11.3 Å². The van der Waals surface area contributed by atoms with Crippen molar-refractivity contribution in [1.82, 2.24) is 4.98 Å². The number of pyridine rings is 1. The Morgan fingerprint density at radius 2 is 1.97 bits per heavy atom. The first kappa shape index (κ1) is 20.1. The fourth-order valence-corrected chi connectivity index (χ4v) is 3.05. The molecule has 0 unspecified atom stereocenters. The van der Waals surface area contributed by atoms with Crippen molar-refractivity contribution in [1.29, 1.82) is 0 Å². The number of carbonyl (C=O) groups excluding carboxylic acids is 1. The number of aryl methyl sites for hydroxylation is 1. The van der Waals surface area contributed by atoms with E-state index < -0.39 is 10.9 Å². The van der Waals surface area contributed by atoms with Crippen LogP contribution < -0.4 is 9.47 Å². The standard InChI is InChI=1S/C21H20N2O6/c1-4-28-21(24)20-13(2)15-7-5-6-8-16(15)22-17(20)12-29-19-10-9-14(27-3)11-18(19)23(25)26/h5-11H,4,12H2,1-3H3. The molecular weight excluding hydrogens is 376 g/mol. The van der Waals surface area contributed by atoms with Gasteiger partial charge in [-0.25, -0.2) is 9.78 Å². The molecule has 0 bridgehead atoms. The van der Waals surface area contributed by atoms with E-state index in [1.54, 1.807) is 13.0 Å². The third kappa shape index (κ3) is 4.11. The molecule has 3 rings (SSSR count). The molecule has 0 aliphatic rings. The highest BCUT2D eigenvalue weighted by Crippen LogP contribution is 2.32. The second-order valence-corrected chi connectivity index (χ2v) is 6.18. The van der Waals surface area contributed by atoms with Crippen molar-refractivity contribution in [3.63, 3.8) is 0 Å². The molecule has 1 aromatic heterocycles. The Morgan fingerprint density at radius 1 is 1.21 bits per heavy atom. The Morgan fingerprint density at radius 3 is 2.66 bits per heavy atom. The van der Waals surface area contributed by atoms with E-state index in [4.69, 9.17) is 14.2 Å². The highest BCUT2D eigenvalue weighted by atomic mass is 16.6. The molecule has 0 spiro atoms. The minimum Gasteiger partial charge on any atom is -0.496 e. The lowest BCUT2D eigenvalue weighted by Gasteiger charge is -2.14. The number of ether oxygens (including phenoxy) is 3. The molecule has 3 aromatic rings. The van der Waals surface area contributed by atoms with Crippen LogP contribution in [0.15, 0.2) is 42.5 Å². The Kier molecular flexibility index (Phi) is 5.92. The number of rotatable bonds is 7. The van der Waals surface area contributed by atoms with Gasteiger partial charge in [-0.3, -0.25) is 10.1 Å². The number of fused-ring (bicyclic) bond motifs is 1. The number of hydrogen-bond acceptors (Lipinski definition) is 7. The number of nitro benzene ring substituents is 1. The lowest BCUT2D eigenvalue weighted by atomic mass is 10.0. The molecule has 150 valence electrons. The van der Waals surface area contributed by atoms with Gasteiger partial charge in [-0.05, 0) is 37.6 Å². The molecular formula is C21H20N2O6. The summed E-state index contributed by atoms with van der Waals surface area (Å²) in [5, 5.41) is 12.2. The van der Waals surface area contributed by atoms with Crippen LogP contribution in [0, 0.1) is 17.0 Å². The molecule has 8 heteroatoms. The zero-order valence-corrected chi connectivity index (χ0v) is 16.3. The van der Waals surface area contributed by atoms with Crippen molar-refractivity contribution in [3.8, 4) is 11.5 Å². The average molecular weight is 396 g/mol. The maximum absolute atomic E-state index is 12.6. The van der Waals surface area contributed by atoms with Gasteiger partial charge < -0.3 is 14.2 Å². The van der Waals surface area contributed by atoms with Gasteiger partial charge in [0.15, 0.2) is 5.75 Å². The number of esters is 1. The van der Waals surface area contributed by atoms with Crippen LogP contribution >= 0.6 is 0 Å². The number of benzene rings is 2. The number of hydrogen-bond donors (Lipinski definition) is 0. The summed E-state index contributed by atoms with van der Waals surface area (Å²) in [5.41, 5.74) is 1.84. The van der Waals surface area contributed by atoms with Crippen molar-refractivity contribution in [3.05, 3.63) is 69.4 Å². The lowest BCUT2D eigenvalue weighted by molar-refractivity contribution is -0.386. The molecule has 1 heterocycles. The van der Waals surface area contributed by atoms with E-state index in [9.17, 15) is 14.9 Å². The highest BCUT2D eigenvalue weighted by Gasteiger charge is 2.22. The monoisotopic (exact) mass is 396 g/mol. The van der Waals surface area contributed by atoms with E-state index in [1.807, 2.05) is 31.2 Å². The van der Waals surface area contributed by atoms with Crippen molar-refractivity contribution in [2.45, 2.75) is 20.5 Å². The summed E-state index contributed by atoms with van der Waals surface area (Å²) >= 11 is 0. The van der Waals surface area contributed by atoms with Gasteiger partial charge in [0.1, 0.15) is 12.4 Å². The average Bonchev–Trinajstić information content (AvgIpc) is 2.72. The molecule has 0 saturated heterocycles. The van der Waals surface area contributed by atoms with Crippen LogP contribution in [0.3, 0.4) is 0 Å². The number of aromatic nitrogens is 1. The molecule has 29 heavy (non-hydrogen) atoms. The largest absolute Gasteiger partial charge is 0.496 e. The van der Waals surface area contributed by atoms with E-state index in [0.717, 1.165) is 10.9 Å². The van der Waals surface area contributed by atoms with Crippen LogP contribution in [0.5, 0.6) is 11.5 Å². The Balaban J connectivity index is 2.03. The van der Waals surface area contributed by atoms with Crippen LogP contribution in [-0.4, -0.2) is 29.6 Å². The zero-order chi connectivity index (χ0) is 21.0. The van der Waals surface area contributed by atoms with Gasteiger partial charge in [0.25, 0.3) is 0 Å². The summed E-state index contributed by atoms with van der Waals surface area (Å²) in [6, 6.07) is 11.7. The van der Waals surface area contributed by atoms with E-state index in [1.165, 1.54) is 19.2 Å². The molecule has 8 nitrogen and oxygen atoms in total. The second-order valence-electron chi connectivity index (χ2n) is 6.18. The van der Waals surface area contributed by atoms with E-state index >= 15 is 0 Å². The smallest absolute Gasteiger partial charge is 0.340 e. The number of carbonyl (C=O) groups is 1. The zero-order valence-electron chi connectivity index (χ0n) is 16.3. The highest BCUT2D eigenvalue weighted by molar-refractivity contribution is 5.98. The molecule has 0 atom stereocenters. The Labute approximate surface area is 167 Å². The summed E-state index contributed by atoms with van der Waals surface area (Å²) in [6.07, 6.45) is 0. The van der Waals surface area contributed by atoms with Gasteiger partial charge in [0, 0.05) is 5.39 Å². The van der Waals surface area contributed by atoms with Crippen molar-refractivity contribution in [2.75, 3.05) is 13.7 Å².